The SMILES string of the molecule is CC(=O)OC[C@H]1CC[C@@H](c2ccccc2C(c2ccccc2)c2ccccc2)[C@@H](c2ccc(Cl)c(Cc3ccc(OC4CCOC4)cc3)c2)O1. The molecular formula is C44H43ClO5. The van der Waals surface area contributed by atoms with Gasteiger partial charge in [0.05, 0.1) is 25.4 Å². The van der Waals surface area contributed by atoms with Crippen molar-refractivity contribution in [2.45, 2.75) is 62.8 Å². The second kappa shape index (κ2) is 16.1. The Morgan fingerprint density at radius 3 is 2.20 bits per heavy atom. The Kier molecular flexibility index (Phi) is 10.9. The number of benzene rings is 5. The van der Waals surface area contributed by atoms with Crippen molar-refractivity contribution >= 4 is 17.6 Å². The smallest absolute Gasteiger partial charge is 0.302 e. The van der Waals surface area contributed by atoms with E-state index in [9.17, 15) is 4.79 Å². The molecule has 5 aromatic rings. The van der Waals surface area contributed by atoms with Gasteiger partial charge >= 0.3 is 5.97 Å². The summed E-state index contributed by atoms with van der Waals surface area (Å²) in [5.41, 5.74) is 8.26. The van der Waals surface area contributed by atoms with Gasteiger partial charge in [-0.25, -0.2) is 0 Å². The molecule has 2 fully saturated rings. The van der Waals surface area contributed by atoms with E-state index < -0.39 is 0 Å². The number of ether oxygens (including phenoxy) is 4. The van der Waals surface area contributed by atoms with Gasteiger partial charge in [-0.15, -0.1) is 0 Å². The highest BCUT2D eigenvalue weighted by molar-refractivity contribution is 6.31. The summed E-state index contributed by atoms with van der Waals surface area (Å²) in [6, 6.07) is 44.8. The van der Waals surface area contributed by atoms with Crippen LogP contribution in [0.1, 0.15) is 83.1 Å². The first-order chi connectivity index (χ1) is 24.5. The largest absolute Gasteiger partial charge is 0.488 e. The maximum Gasteiger partial charge on any atom is 0.302 e. The number of halogens is 1. The van der Waals surface area contributed by atoms with Crippen molar-refractivity contribution in [1.82, 2.24) is 0 Å². The van der Waals surface area contributed by atoms with Crippen molar-refractivity contribution in [3.63, 3.8) is 0 Å². The van der Waals surface area contributed by atoms with E-state index in [2.05, 4.69) is 109 Å². The zero-order chi connectivity index (χ0) is 34.3. The lowest BCUT2D eigenvalue weighted by Gasteiger charge is -2.39. The molecule has 2 saturated heterocycles. The van der Waals surface area contributed by atoms with Gasteiger partial charge in [0.15, 0.2) is 0 Å². The van der Waals surface area contributed by atoms with E-state index in [1.807, 2.05) is 18.2 Å². The average Bonchev–Trinajstić information content (AvgIpc) is 3.67. The van der Waals surface area contributed by atoms with Crippen LogP contribution in [0.2, 0.25) is 5.02 Å². The molecule has 1 unspecified atom stereocenters. The lowest BCUT2D eigenvalue weighted by molar-refractivity contribution is -0.151. The Bertz CT molecular complexity index is 1810. The summed E-state index contributed by atoms with van der Waals surface area (Å²) in [6.45, 7) is 3.07. The zero-order valence-electron chi connectivity index (χ0n) is 28.4. The number of hydrogen-bond donors (Lipinski definition) is 0. The summed E-state index contributed by atoms with van der Waals surface area (Å²) in [7, 11) is 0. The molecular weight excluding hydrogens is 644 g/mol. The molecule has 4 atom stereocenters. The van der Waals surface area contributed by atoms with Crippen LogP contribution in [-0.2, 0) is 25.4 Å². The normalized spacial score (nSPS) is 20.5. The number of carbonyl (C=O) groups is 1. The van der Waals surface area contributed by atoms with E-state index in [0.717, 1.165) is 53.3 Å². The fourth-order valence-electron chi connectivity index (χ4n) is 7.41. The molecule has 2 aliphatic heterocycles. The monoisotopic (exact) mass is 686 g/mol. The molecule has 2 heterocycles. The Labute approximate surface area is 300 Å². The van der Waals surface area contributed by atoms with Crippen LogP contribution < -0.4 is 4.74 Å². The molecule has 5 nitrogen and oxygen atoms in total. The third-order valence-corrected chi connectivity index (χ3v) is 10.2. The molecule has 256 valence electrons. The molecule has 5 aromatic carbocycles. The Morgan fingerprint density at radius 2 is 1.52 bits per heavy atom. The number of esters is 1. The van der Waals surface area contributed by atoms with Crippen molar-refractivity contribution in [2.75, 3.05) is 19.8 Å². The predicted octanol–water partition coefficient (Wildman–Crippen LogP) is 9.85. The third kappa shape index (κ3) is 8.13. The maximum absolute atomic E-state index is 11.8. The summed E-state index contributed by atoms with van der Waals surface area (Å²) in [6.07, 6.45) is 2.90. The molecule has 0 spiro atoms. The summed E-state index contributed by atoms with van der Waals surface area (Å²) < 4.78 is 23.9. The van der Waals surface area contributed by atoms with Gasteiger partial charge in [-0.3, -0.25) is 4.79 Å². The van der Waals surface area contributed by atoms with Crippen LogP contribution in [-0.4, -0.2) is 38.0 Å². The number of rotatable bonds is 11. The quantitative estimate of drug-likeness (QED) is 0.102. The second-order valence-electron chi connectivity index (χ2n) is 13.3. The minimum atomic E-state index is -0.298. The molecule has 2 aliphatic rings. The third-order valence-electron chi connectivity index (χ3n) is 9.86. The zero-order valence-corrected chi connectivity index (χ0v) is 29.1. The first-order valence-electron chi connectivity index (χ1n) is 17.6. The highest BCUT2D eigenvalue weighted by atomic mass is 35.5. The Morgan fingerprint density at radius 1 is 0.820 bits per heavy atom. The number of carbonyl (C=O) groups excluding carboxylic acids is 1. The fourth-order valence-corrected chi connectivity index (χ4v) is 7.60. The van der Waals surface area contributed by atoms with Gasteiger partial charge in [-0.05, 0) is 76.4 Å². The molecule has 0 saturated carbocycles. The van der Waals surface area contributed by atoms with E-state index >= 15 is 0 Å². The molecule has 0 bridgehead atoms. The number of hydrogen-bond acceptors (Lipinski definition) is 5. The summed E-state index contributed by atoms with van der Waals surface area (Å²) in [4.78, 5) is 11.8. The van der Waals surface area contributed by atoms with E-state index in [-0.39, 0.29) is 42.7 Å². The second-order valence-corrected chi connectivity index (χ2v) is 13.7. The minimum absolute atomic E-state index is 0.0574. The van der Waals surface area contributed by atoms with Crippen molar-refractivity contribution in [1.29, 1.82) is 0 Å². The average molecular weight is 687 g/mol. The van der Waals surface area contributed by atoms with E-state index in [1.54, 1.807) is 0 Å². The predicted molar refractivity (Wildman–Crippen MR) is 197 cm³/mol. The minimum Gasteiger partial charge on any atom is -0.488 e. The van der Waals surface area contributed by atoms with Gasteiger partial charge in [0.2, 0.25) is 0 Å². The first-order valence-corrected chi connectivity index (χ1v) is 18.0. The van der Waals surface area contributed by atoms with Crippen LogP contribution in [0.15, 0.2) is 127 Å². The highest BCUT2D eigenvalue weighted by Crippen LogP contribution is 2.47. The molecule has 0 aromatic heterocycles. The van der Waals surface area contributed by atoms with Crippen LogP contribution >= 0.6 is 11.6 Å². The van der Waals surface area contributed by atoms with Crippen molar-refractivity contribution in [3.8, 4) is 5.75 Å². The molecule has 0 radical (unpaired) electrons. The molecule has 0 aliphatic carbocycles. The standard InChI is InChI=1S/C44H43ClO5/c1-30(46)48-29-37-21-22-41(39-14-8-9-15-40(39)43(32-10-4-2-5-11-32)33-12-6-3-7-13-33)44(50-37)34-18-23-42(45)35(27-34)26-31-16-19-36(20-17-31)49-38-24-25-47-28-38/h2-20,23,27,37-38,41,43-44H,21-22,24-26,28-29H2,1H3/t37-,38?,41+,44-/m1/s1. The van der Waals surface area contributed by atoms with Crippen molar-refractivity contribution in [2.24, 2.45) is 0 Å². The summed E-state index contributed by atoms with van der Waals surface area (Å²) in [5, 5.41) is 0.717. The lowest BCUT2D eigenvalue weighted by atomic mass is 9.75. The van der Waals surface area contributed by atoms with Gasteiger partial charge in [0.1, 0.15) is 18.5 Å². The summed E-state index contributed by atoms with van der Waals surface area (Å²) >= 11 is 6.86. The van der Waals surface area contributed by atoms with Crippen LogP contribution in [0.25, 0.3) is 0 Å². The molecule has 7 rings (SSSR count). The van der Waals surface area contributed by atoms with E-state index in [1.165, 1.54) is 29.2 Å². The first kappa shape index (κ1) is 34.0. The van der Waals surface area contributed by atoms with Crippen LogP contribution in [0.4, 0.5) is 0 Å². The molecule has 0 N–H and O–H groups in total. The van der Waals surface area contributed by atoms with Gasteiger partial charge in [-0.1, -0.05) is 121 Å². The van der Waals surface area contributed by atoms with Gasteiger partial charge in [0.25, 0.3) is 0 Å². The van der Waals surface area contributed by atoms with E-state index in [0.29, 0.717) is 13.0 Å². The highest BCUT2D eigenvalue weighted by Gasteiger charge is 2.36. The van der Waals surface area contributed by atoms with Crippen LogP contribution in [0.5, 0.6) is 5.75 Å². The van der Waals surface area contributed by atoms with Gasteiger partial charge in [-0.2, -0.15) is 0 Å². The van der Waals surface area contributed by atoms with E-state index in [4.69, 9.17) is 30.5 Å². The Hall–Kier alpha value is -4.42. The summed E-state index contributed by atoms with van der Waals surface area (Å²) in [5.74, 6) is 0.680. The van der Waals surface area contributed by atoms with Crippen LogP contribution in [0, 0.1) is 0 Å². The molecule has 0 amide bonds. The van der Waals surface area contributed by atoms with Gasteiger partial charge in [0, 0.05) is 30.2 Å². The molecule has 6 heteroatoms. The fraction of sp³-hybridized carbons (Fsp3) is 0.295. The molecule has 50 heavy (non-hydrogen) atoms. The lowest BCUT2D eigenvalue weighted by Crippen LogP contribution is -2.32. The van der Waals surface area contributed by atoms with Crippen molar-refractivity contribution < 1.29 is 23.7 Å². The Balaban J connectivity index is 1.22. The van der Waals surface area contributed by atoms with Gasteiger partial charge < -0.3 is 18.9 Å². The topological polar surface area (TPSA) is 54.0 Å². The maximum atomic E-state index is 11.8. The van der Waals surface area contributed by atoms with Crippen molar-refractivity contribution in [3.05, 3.63) is 171 Å². The van der Waals surface area contributed by atoms with Crippen LogP contribution in [0.3, 0.4) is 0 Å².